The van der Waals surface area contributed by atoms with Crippen LogP contribution in [0.15, 0.2) is 95.9 Å². The van der Waals surface area contributed by atoms with E-state index in [2.05, 4.69) is 10.0 Å². The molecule has 2 N–H and O–H groups in total. The maximum atomic E-state index is 12.9. The van der Waals surface area contributed by atoms with Gasteiger partial charge < -0.3 is 5.32 Å². The molecule has 7 nitrogen and oxygen atoms in total. The van der Waals surface area contributed by atoms with Gasteiger partial charge in [-0.25, -0.2) is 8.42 Å². The van der Waals surface area contributed by atoms with E-state index in [9.17, 15) is 22.8 Å². The maximum Gasteiger partial charge on any atom is 0.261 e. The molecule has 5 rings (SSSR count). The lowest BCUT2D eigenvalue weighted by Gasteiger charge is -2.18. The topological polar surface area (TPSA) is 109 Å². The van der Waals surface area contributed by atoms with Crippen LogP contribution in [0.5, 0.6) is 0 Å². The minimum Gasteiger partial charge on any atom is -0.322 e. The molecule has 0 fully saturated rings. The second-order valence-corrected chi connectivity index (χ2v) is 10.1. The van der Waals surface area contributed by atoms with Crippen molar-refractivity contribution in [3.05, 3.63) is 124 Å². The molecule has 1 aliphatic rings. The van der Waals surface area contributed by atoms with E-state index in [0.29, 0.717) is 16.8 Å². The van der Waals surface area contributed by atoms with Crippen LogP contribution in [0.25, 0.3) is 0 Å². The Bertz CT molecular complexity index is 1660. The molecule has 0 radical (unpaired) electrons. The first-order chi connectivity index (χ1) is 17.2. The Morgan fingerprint density at radius 1 is 0.667 bits per heavy atom. The summed E-state index contributed by atoms with van der Waals surface area (Å²) >= 11 is 0. The van der Waals surface area contributed by atoms with Gasteiger partial charge in [-0.2, -0.15) is 0 Å². The second-order valence-electron chi connectivity index (χ2n) is 8.42. The third-order valence-corrected chi connectivity index (χ3v) is 7.29. The van der Waals surface area contributed by atoms with Gasteiger partial charge in [0.05, 0.1) is 4.90 Å². The summed E-state index contributed by atoms with van der Waals surface area (Å²) in [6, 6.07) is 23.7. The Hall–Kier alpha value is -4.56. The van der Waals surface area contributed by atoms with Crippen LogP contribution in [0.1, 0.15) is 47.8 Å². The highest BCUT2D eigenvalue weighted by atomic mass is 32.2. The van der Waals surface area contributed by atoms with Crippen molar-refractivity contribution in [2.75, 3.05) is 10.0 Å². The molecule has 8 heteroatoms. The number of hydrogen-bond donors (Lipinski definition) is 2. The zero-order valence-corrected chi connectivity index (χ0v) is 19.9. The number of benzene rings is 4. The minimum atomic E-state index is -3.83. The van der Waals surface area contributed by atoms with Crippen molar-refractivity contribution in [1.29, 1.82) is 0 Å². The van der Waals surface area contributed by atoms with Gasteiger partial charge in [0.25, 0.3) is 15.9 Å². The molecular formula is C28H20N2O5S. The van der Waals surface area contributed by atoms with E-state index < -0.39 is 15.9 Å². The van der Waals surface area contributed by atoms with Gasteiger partial charge in [0.2, 0.25) is 0 Å². The lowest BCUT2D eigenvalue weighted by Crippen LogP contribution is -2.21. The Labute approximate surface area is 207 Å². The summed E-state index contributed by atoms with van der Waals surface area (Å²) < 4.78 is 27.9. The average Bonchev–Trinajstić information content (AvgIpc) is 2.87. The quantitative estimate of drug-likeness (QED) is 0.362. The van der Waals surface area contributed by atoms with Gasteiger partial charge >= 0.3 is 0 Å². The van der Waals surface area contributed by atoms with Crippen LogP contribution in [-0.4, -0.2) is 25.9 Å². The number of amides is 1. The summed E-state index contributed by atoms with van der Waals surface area (Å²) in [7, 11) is -3.83. The van der Waals surface area contributed by atoms with Crippen molar-refractivity contribution in [2.24, 2.45) is 0 Å². The van der Waals surface area contributed by atoms with Gasteiger partial charge in [0.15, 0.2) is 11.6 Å². The molecule has 0 heterocycles. The van der Waals surface area contributed by atoms with Crippen LogP contribution in [0.4, 0.5) is 11.4 Å². The fourth-order valence-corrected chi connectivity index (χ4v) is 5.09. The summed E-state index contributed by atoms with van der Waals surface area (Å²) in [4.78, 5) is 38.7. The van der Waals surface area contributed by atoms with Gasteiger partial charge in [-0.05, 0) is 55.5 Å². The predicted molar refractivity (Wildman–Crippen MR) is 136 cm³/mol. The largest absolute Gasteiger partial charge is 0.322 e. The monoisotopic (exact) mass is 496 g/mol. The number of nitrogens with one attached hydrogen (secondary N) is 2. The van der Waals surface area contributed by atoms with Gasteiger partial charge in [0.1, 0.15) is 0 Å². The maximum absolute atomic E-state index is 12.9. The summed E-state index contributed by atoms with van der Waals surface area (Å²) in [5.41, 5.74) is 2.90. The number of anilines is 2. The first-order valence-corrected chi connectivity index (χ1v) is 12.5. The van der Waals surface area contributed by atoms with Crippen molar-refractivity contribution in [2.45, 2.75) is 11.8 Å². The molecule has 0 unspecified atom stereocenters. The van der Waals surface area contributed by atoms with Crippen molar-refractivity contribution in [3.8, 4) is 0 Å². The highest BCUT2D eigenvalue weighted by Crippen LogP contribution is 2.29. The van der Waals surface area contributed by atoms with E-state index >= 15 is 0 Å². The minimum absolute atomic E-state index is 0.109. The highest BCUT2D eigenvalue weighted by molar-refractivity contribution is 7.92. The van der Waals surface area contributed by atoms with Crippen LogP contribution in [-0.2, 0) is 10.0 Å². The first-order valence-electron chi connectivity index (χ1n) is 11.1. The van der Waals surface area contributed by atoms with Gasteiger partial charge in [-0.15, -0.1) is 0 Å². The van der Waals surface area contributed by atoms with Crippen molar-refractivity contribution in [3.63, 3.8) is 0 Å². The summed E-state index contributed by atoms with van der Waals surface area (Å²) in [6.45, 7) is 1.86. The molecule has 1 amide bonds. The normalized spacial score (nSPS) is 12.5. The molecule has 0 aliphatic heterocycles. The summed E-state index contributed by atoms with van der Waals surface area (Å²) in [6.07, 6.45) is 0. The van der Waals surface area contributed by atoms with Crippen LogP contribution >= 0.6 is 0 Å². The number of ketones is 2. The third-order valence-electron chi connectivity index (χ3n) is 5.89. The average molecular weight is 497 g/mol. The lowest BCUT2D eigenvalue weighted by atomic mass is 9.84. The summed E-state index contributed by atoms with van der Waals surface area (Å²) in [5, 5.41) is 2.72. The first kappa shape index (κ1) is 23.2. The van der Waals surface area contributed by atoms with E-state index in [0.717, 1.165) is 5.56 Å². The molecule has 4 aromatic rings. The molecular weight excluding hydrogens is 476 g/mol. The molecule has 0 saturated carbocycles. The fraction of sp³-hybridized carbons (Fsp3) is 0.0357. The zero-order chi connectivity index (χ0) is 25.4. The molecule has 178 valence electrons. The number of sulfonamides is 1. The number of fused-ring (bicyclic) bond motifs is 2. The number of aryl methyl sites for hydroxylation is 1. The smallest absolute Gasteiger partial charge is 0.261 e. The van der Waals surface area contributed by atoms with Gasteiger partial charge in [-0.1, -0.05) is 48.0 Å². The number of carbonyl (C=O) groups is 3. The second kappa shape index (κ2) is 8.90. The third kappa shape index (κ3) is 4.30. The van der Waals surface area contributed by atoms with E-state index in [1.807, 2.05) is 6.92 Å². The molecule has 0 spiro atoms. The predicted octanol–water partition coefficient (Wildman–Crippen LogP) is 4.82. The van der Waals surface area contributed by atoms with Crippen molar-refractivity contribution >= 4 is 38.9 Å². The molecule has 0 saturated heterocycles. The lowest BCUT2D eigenvalue weighted by molar-refractivity contribution is 0.0979. The SMILES string of the molecule is Cc1ccc(S(=O)(=O)Nc2cccc(C(=O)Nc3ccc4c(c3)C(=O)c3ccccc3C4=O)c2)cc1. The van der Waals surface area contributed by atoms with E-state index in [4.69, 9.17) is 0 Å². The van der Waals surface area contributed by atoms with Gasteiger partial charge in [-0.3, -0.25) is 19.1 Å². The van der Waals surface area contributed by atoms with Crippen molar-refractivity contribution in [1.82, 2.24) is 0 Å². The van der Waals surface area contributed by atoms with Crippen LogP contribution in [0, 0.1) is 6.92 Å². The molecule has 0 bridgehead atoms. The number of rotatable bonds is 5. The molecule has 36 heavy (non-hydrogen) atoms. The molecule has 1 aliphatic carbocycles. The molecule has 0 atom stereocenters. The van der Waals surface area contributed by atoms with Crippen molar-refractivity contribution < 1.29 is 22.8 Å². The molecule has 0 aromatic heterocycles. The van der Waals surface area contributed by atoms with E-state index in [-0.39, 0.29) is 38.8 Å². The summed E-state index contributed by atoms with van der Waals surface area (Å²) in [5.74, 6) is -1.03. The van der Waals surface area contributed by atoms with Crippen LogP contribution < -0.4 is 10.0 Å². The number of hydrogen-bond acceptors (Lipinski definition) is 5. The Morgan fingerprint density at radius 2 is 1.31 bits per heavy atom. The molecule has 4 aromatic carbocycles. The van der Waals surface area contributed by atoms with Gasteiger partial charge in [0, 0.05) is 39.2 Å². The zero-order valence-electron chi connectivity index (χ0n) is 19.1. The highest BCUT2D eigenvalue weighted by Gasteiger charge is 2.29. The van der Waals surface area contributed by atoms with Crippen LogP contribution in [0.3, 0.4) is 0 Å². The number of carbonyl (C=O) groups excluding carboxylic acids is 3. The Morgan fingerprint density at radius 3 is 2.00 bits per heavy atom. The van der Waals surface area contributed by atoms with E-state index in [1.54, 1.807) is 60.7 Å². The van der Waals surface area contributed by atoms with E-state index in [1.165, 1.54) is 30.3 Å². The fourth-order valence-electron chi connectivity index (χ4n) is 4.04. The Kier molecular flexibility index (Phi) is 5.74. The van der Waals surface area contributed by atoms with Crippen LogP contribution in [0.2, 0.25) is 0 Å². The Balaban J connectivity index is 1.37. The standard InChI is InChI=1S/C28H20N2O5S/c1-17-9-12-21(13-10-17)36(34,35)30-20-6-4-5-18(15-20)28(33)29-19-11-14-24-25(16-19)27(32)23-8-3-2-7-22(23)26(24)31/h2-16,30H,1H3,(H,29,33).